The molecule has 28 heavy (non-hydrogen) atoms. The van der Waals surface area contributed by atoms with Crippen molar-refractivity contribution in [3.63, 3.8) is 0 Å². The summed E-state index contributed by atoms with van der Waals surface area (Å²) in [6.45, 7) is 2.86. The molecule has 4 heterocycles. The van der Waals surface area contributed by atoms with Crippen molar-refractivity contribution >= 4 is 21.9 Å². The maximum atomic E-state index is 9.38. The van der Waals surface area contributed by atoms with Gasteiger partial charge < -0.3 is 9.30 Å². The lowest BCUT2D eigenvalue weighted by atomic mass is 10.0. The first-order chi connectivity index (χ1) is 13.7. The van der Waals surface area contributed by atoms with Crippen LogP contribution in [0.25, 0.3) is 21.9 Å². The summed E-state index contributed by atoms with van der Waals surface area (Å²) in [7, 11) is 0. The Morgan fingerprint density at radius 2 is 2.25 bits per heavy atom. The van der Waals surface area contributed by atoms with Gasteiger partial charge in [-0.25, -0.2) is 4.98 Å². The van der Waals surface area contributed by atoms with E-state index in [1.807, 2.05) is 36.8 Å². The van der Waals surface area contributed by atoms with Crippen LogP contribution in [0.1, 0.15) is 42.8 Å². The normalized spacial score (nSPS) is 19.9. The van der Waals surface area contributed by atoms with E-state index in [2.05, 4.69) is 32.7 Å². The predicted molar refractivity (Wildman–Crippen MR) is 105 cm³/mol. The number of pyridine rings is 1. The second-order valence-electron chi connectivity index (χ2n) is 7.38. The van der Waals surface area contributed by atoms with Crippen LogP contribution in [-0.2, 0) is 11.2 Å². The highest BCUT2D eigenvalue weighted by Gasteiger charge is 2.26. The second kappa shape index (κ2) is 6.73. The molecule has 3 aromatic heterocycles. The summed E-state index contributed by atoms with van der Waals surface area (Å²) in [6, 6.07) is 8.19. The second-order valence-corrected chi connectivity index (χ2v) is 7.38. The van der Waals surface area contributed by atoms with E-state index in [-0.39, 0.29) is 6.10 Å². The number of rotatable bonds is 3. The molecule has 1 fully saturated rings. The summed E-state index contributed by atoms with van der Waals surface area (Å²) in [5.41, 5.74) is 4.51. The summed E-state index contributed by atoms with van der Waals surface area (Å²) in [5.74, 6) is 0.993. The summed E-state index contributed by atoms with van der Waals surface area (Å²) < 4.78 is 8.14. The van der Waals surface area contributed by atoms with Crippen LogP contribution in [0.4, 0.5) is 0 Å². The average molecular weight is 372 g/mol. The summed E-state index contributed by atoms with van der Waals surface area (Å²) in [5, 5.41) is 17.3. The van der Waals surface area contributed by atoms with Crippen molar-refractivity contribution in [2.75, 3.05) is 6.61 Å². The Kier molecular flexibility index (Phi) is 4.06. The van der Waals surface area contributed by atoms with Crippen LogP contribution in [-0.4, -0.2) is 37.4 Å². The molecule has 4 aromatic rings. The highest BCUT2D eigenvalue weighted by molar-refractivity contribution is 6.02. The van der Waals surface area contributed by atoms with E-state index in [0.717, 1.165) is 52.8 Å². The molecule has 7 heteroatoms. The lowest BCUT2D eigenvalue weighted by molar-refractivity contribution is 0.00631. The third-order valence-electron chi connectivity index (χ3n) is 5.46. The maximum absolute atomic E-state index is 9.38. The van der Waals surface area contributed by atoms with Gasteiger partial charge in [0.25, 0.3) is 0 Å². The molecule has 0 bridgehead atoms. The largest absolute Gasteiger partial charge is 0.378 e. The zero-order chi connectivity index (χ0) is 19.1. The topological polar surface area (TPSA) is 92.4 Å². The van der Waals surface area contributed by atoms with Gasteiger partial charge >= 0.3 is 0 Å². The molecule has 2 atom stereocenters. The number of fused-ring (bicyclic) bond motifs is 3. The predicted octanol–water partition coefficient (Wildman–Crippen LogP) is 3.51. The van der Waals surface area contributed by atoms with Crippen LogP contribution in [0.15, 0.2) is 36.8 Å². The van der Waals surface area contributed by atoms with E-state index < -0.39 is 0 Å². The fourth-order valence-corrected chi connectivity index (χ4v) is 4.18. The molecule has 0 saturated carbocycles. The number of nitrogens with one attached hydrogen (secondary N) is 1. The van der Waals surface area contributed by atoms with Crippen molar-refractivity contribution in [1.82, 2.24) is 24.7 Å². The molecular formula is C21H20N6O. The van der Waals surface area contributed by atoms with Gasteiger partial charge in [0, 0.05) is 30.7 Å². The minimum atomic E-state index is 0.209. The fraction of sp³-hybridized carbons (Fsp3) is 0.333. The molecule has 1 unspecified atom stereocenters. The quantitative estimate of drug-likeness (QED) is 0.594. The van der Waals surface area contributed by atoms with E-state index >= 15 is 0 Å². The SMILES string of the molecule is C[C@@H]1CC(n2c(Cc3cn[nH]c3)nc3cnc4ccc(C#N)cc4c32)CCO1. The molecule has 0 aliphatic carbocycles. The number of benzene rings is 1. The average Bonchev–Trinajstić information content (AvgIpc) is 3.35. The molecule has 1 aliphatic rings. The Labute approximate surface area is 162 Å². The van der Waals surface area contributed by atoms with Crippen molar-refractivity contribution in [3.8, 4) is 6.07 Å². The van der Waals surface area contributed by atoms with Crippen LogP contribution < -0.4 is 0 Å². The lowest BCUT2D eigenvalue weighted by Gasteiger charge is -2.30. The molecule has 0 amide bonds. The Morgan fingerprint density at radius 3 is 3.04 bits per heavy atom. The molecule has 140 valence electrons. The molecule has 0 spiro atoms. The first-order valence-corrected chi connectivity index (χ1v) is 9.52. The first-order valence-electron chi connectivity index (χ1n) is 9.52. The first kappa shape index (κ1) is 16.9. The number of aromatic nitrogens is 5. The standard InChI is InChI=1S/C21H20N6O/c1-13-6-16(4-5-28-13)27-20(8-15-10-24-25-11-15)26-19-12-23-18-3-2-14(9-22)7-17(18)21(19)27/h2-3,7,10-13,16H,4-6,8H2,1H3,(H,24,25)/t13-,16?/m1/s1. The molecule has 5 rings (SSSR count). The van der Waals surface area contributed by atoms with E-state index in [4.69, 9.17) is 9.72 Å². The minimum Gasteiger partial charge on any atom is -0.378 e. The number of nitriles is 1. The van der Waals surface area contributed by atoms with Crippen molar-refractivity contribution in [2.45, 2.75) is 38.3 Å². The van der Waals surface area contributed by atoms with Gasteiger partial charge in [-0.3, -0.25) is 10.1 Å². The Bertz CT molecular complexity index is 1190. The number of aromatic amines is 1. The number of hydrogen-bond donors (Lipinski definition) is 1. The summed E-state index contributed by atoms with van der Waals surface area (Å²) in [6.07, 6.45) is 8.35. The van der Waals surface area contributed by atoms with E-state index in [9.17, 15) is 5.26 Å². The van der Waals surface area contributed by atoms with Gasteiger partial charge in [0.2, 0.25) is 0 Å². The third kappa shape index (κ3) is 2.83. The van der Waals surface area contributed by atoms with Crippen LogP contribution in [0.5, 0.6) is 0 Å². The van der Waals surface area contributed by atoms with Gasteiger partial charge in [0.15, 0.2) is 0 Å². The van der Waals surface area contributed by atoms with Crippen molar-refractivity contribution < 1.29 is 4.74 Å². The number of hydrogen-bond acceptors (Lipinski definition) is 5. The fourth-order valence-electron chi connectivity index (χ4n) is 4.18. The highest BCUT2D eigenvalue weighted by atomic mass is 16.5. The van der Waals surface area contributed by atoms with E-state index in [1.54, 1.807) is 0 Å². The molecule has 1 aromatic carbocycles. The number of imidazole rings is 1. The molecule has 7 nitrogen and oxygen atoms in total. The Morgan fingerprint density at radius 1 is 1.32 bits per heavy atom. The third-order valence-corrected chi connectivity index (χ3v) is 5.46. The van der Waals surface area contributed by atoms with Crippen LogP contribution >= 0.6 is 0 Å². The monoisotopic (exact) mass is 372 g/mol. The smallest absolute Gasteiger partial charge is 0.114 e. The van der Waals surface area contributed by atoms with E-state index in [1.165, 1.54) is 0 Å². The number of H-pyrrole nitrogens is 1. The van der Waals surface area contributed by atoms with Crippen molar-refractivity contribution in [2.24, 2.45) is 0 Å². The highest BCUT2D eigenvalue weighted by Crippen LogP contribution is 2.34. The maximum Gasteiger partial charge on any atom is 0.114 e. The van der Waals surface area contributed by atoms with Gasteiger partial charge in [-0.1, -0.05) is 0 Å². The van der Waals surface area contributed by atoms with Crippen LogP contribution in [0, 0.1) is 11.3 Å². The van der Waals surface area contributed by atoms with Crippen LogP contribution in [0.3, 0.4) is 0 Å². The molecular weight excluding hydrogens is 352 g/mol. The number of nitrogens with zero attached hydrogens (tertiary/aromatic N) is 5. The van der Waals surface area contributed by atoms with E-state index in [0.29, 0.717) is 18.0 Å². The summed E-state index contributed by atoms with van der Waals surface area (Å²) >= 11 is 0. The van der Waals surface area contributed by atoms with Crippen LogP contribution in [0.2, 0.25) is 0 Å². The van der Waals surface area contributed by atoms with Gasteiger partial charge in [-0.05, 0) is 43.5 Å². The zero-order valence-corrected chi connectivity index (χ0v) is 15.6. The van der Waals surface area contributed by atoms with Crippen molar-refractivity contribution in [3.05, 3.63) is 53.7 Å². The molecule has 0 radical (unpaired) electrons. The number of ether oxygens (including phenoxy) is 1. The van der Waals surface area contributed by atoms with Crippen molar-refractivity contribution in [1.29, 1.82) is 5.26 Å². The zero-order valence-electron chi connectivity index (χ0n) is 15.6. The van der Waals surface area contributed by atoms with Gasteiger partial charge in [-0.2, -0.15) is 10.4 Å². The Balaban J connectivity index is 1.77. The summed E-state index contributed by atoms with van der Waals surface area (Å²) in [4.78, 5) is 9.50. The Hall–Kier alpha value is -3.24. The molecule has 1 saturated heterocycles. The molecule has 1 aliphatic heterocycles. The van der Waals surface area contributed by atoms with Gasteiger partial charge in [0.1, 0.15) is 11.3 Å². The lowest BCUT2D eigenvalue weighted by Crippen LogP contribution is -2.26. The molecule has 1 N–H and O–H groups in total. The minimum absolute atomic E-state index is 0.209. The van der Waals surface area contributed by atoms with Gasteiger partial charge in [-0.15, -0.1) is 0 Å². The van der Waals surface area contributed by atoms with Gasteiger partial charge in [0.05, 0.1) is 41.2 Å².